The highest BCUT2D eigenvalue weighted by molar-refractivity contribution is 6.09. The molecule has 0 aliphatic carbocycles. The Labute approximate surface area is 171 Å². The summed E-state index contributed by atoms with van der Waals surface area (Å²) in [4.78, 5) is 39.2. The summed E-state index contributed by atoms with van der Waals surface area (Å²) < 4.78 is 0. The van der Waals surface area contributed by atoms with Gasteiger partial charge in [-0.25, -0.2) is 4.79 Å². The lowest BCUT2D eigenvalue weighted by molar-refractivity contribution is -0.135. The molecule has 1 aliphatic heterocycles. The molecule has 1 unspecified atom stereocenters. The average molecular weight is 393 g/mol. The largest absolute Gasteiger partial charge is 0.354 e. The molecule has 0 spiro atoms. The van der Waals surface area contributed by atoms with E-state index in [1.807, 2.05) is 67.6 Å². The summed E-state index contributed by atoms with van der Waals surface area (Å²) in [6.45, 7) is 2.21. The number of rotatable bonds is 9. The van der Waals surface area contributed by atoms with Crippen LogP contribution in [0.3, 0.4) is 0 Å². The van der Waals surface area contributed by atoms with Gasteiger partial charge in [-0.2, -0.15) is 0 Å². The molecule has 2 N–H and O–H groups in total. The molecule has 1 heterocycles. The van der Waals surface area contributed by atoms with Gasteiger partial charge in [0, 0.05) is 6.54 Å². The summed E-state index contributed by atoms with van der Waals surface area (Å²) in [5, 5.41) is 5.66. The molecule has 0 bridgehead atoms. The first kappa shape index (κ1) is 20.6. The Morgan fingerprint density at radius 1 is 1.03 bits per heavy atom. The number of imide groups is 1. The second-order valence-electron chi connectivity index (χ2n) is 7.28. The predicted molar refractivity (Wildman–Crippen MR) is 111 cm³/mol. The third kappa shape index (κ3) is 4.65. The molecule has 2 aromatic rings. The lowest BCUT2D eigenvalue weighted by Crippen LogP contribution is -2.45. The second kappa shape index (κ2) is 9.37. The number of nitrogens with zero attached hydrogens (tertiary/aromatic N) is 1. The first-order chi connectivity index (χ1) is 14.1. The first-order valence-electron chi connectivity index (χ1n) is 10.1. The van der Waals surface area contributed by atoms with Crippen LogP contribution in [0.5, 0.6) is 0 Å². The number of carbonyl (C=O) groups is 3. The van der Waals surface area contributed by atoms with Crippen molar-refractivity contribution in [3.63, 3.8) is 0 Å². The standard InChI is InChI=1S/C23H27N3O3/c1-2-3-15-23(19-12-8-5-9-13-19)21(28)26(22(29)25-23)17-20(27)24-16-14-18-10-6-4-7-11-18/h4-13H,2-3,14-17H2,1H3,(H,24,27)(H,25,29). The minimum Gasteiger partial charge on any atom is -0.354 e. The molecule has 1 aliphatic rings. The van der Waals surface area contributed by atoms with Crippen molar-refractivity contribution in [1.29, 1.82) is 0 Å². The highest BCUT2D eigenvalue weighted by atomic mass is 16.2. The van der Waals surface area contributed by atoms with Crippen LogP contribution in [0.15, 0.2) is 60.7 Å². The molecular weight excluding hydrogens is 366 g/mol. The zero-order valence-electron chi connectivity index (χ0n) is 16.7. The van der Waals surface area contributed by atoms with Crippen LogP contribution in [0.25, 0.3) is 0 Å². The first-order valence-corrected chi connectivity index (χ1v) is 10.1. The molecule has 152 valence electrons. The Kier molecular flexibility index (Phi) is 6.65. The summed E-state index contributed by atoms with van der Waals surface area (Å²) in [6.07, 6.45) is 2.89. The van der Waals surface area contributed by atoms with Gasteiger partial charge in [-0.1, -0.05) is 80.4 Å². The van der Waals surface area contributed by atoms with Gasteiger partial charge in [-0.05, 0) is 24.0 Å². The van der Waals surface area contributed by atoms with Crippen LogP contribution >= 0.6 is 0 Å². The highest BCUT2D eigenvalue weighted by Gasteiger charge is 2.52. The third-order valence-electron chi connectivity index (χ3n) is 5.23. The number of hydrogen-bond donors (Lipinski definition) is 2. The lowest BCUT2D eigenvalue weighted by atomic mass is 9.85. The minimum absolute atomic E-state index is 0.278. The molecule has 29 heavy (non-hydrogen) atoms. The quantitative estimate of drug-likeness (QED) is 0.643. The van der Waals surface area contributed by atoms with Crippen molar-refractivity contribution >= 4 is 17.8 Å². The molecule has 2 aromatic carbocycles. The number of amides is 4. The molecule has 6 heteroatoms. The summed E-state index contributed by atoms with van der Waals surface area (Å²) in [6, 6.07) is 18.6. The van der Waals surface area contributed by atoms with E-state index in [0.29, 0.717) is 19.4 Å². The molecule has 0 aromatic heterocycles. The maximum absolute atomic E-state index is 13.2. The van der Waals surface area contributed by atoms with Gasteiger partial charge in [0.25, 0.3) is 5.91 Å². The summed E-state index contributed by atoms with van der Waals surface area (Å²) in [7, 11) is 0. The van der Waals surface area contributed by atoms with Gasteiger partial charge in [0.05, 0.1) is 0 Å². The summed E-state index contributed by atoms with van der Waals surface area (Å²) in [5.41, 5.74) is 0.766. The van der Waals surface area contributed by atoms with Crippen molar-refractivity contribution in [2.75, 3.05) is 13.1 Å². The van der Waals surface area contributed by atoms with Gasteiger partial charge < -0.3 is 10.6 Å². The Morgan fingerprint density at radius 3 is 2.34 bits per heavy atom. The number of unbranched alkanes of at least 4 members (excludes halogenated alkanes) is 1. The van der Waals surface area contributed by atoms with Gasteiger partial charge in [0.1, 0.15) is 12.1 Å². The Hall–Kier alpha value is -3.15. The molecular formula is C23H27N3O3. The Morgan fingerprint density at radius 2 is 1.69 bits per heavy atom. The van der Waals surface area contributed by atoms with Crippen molar-refractivity contribution in [1.82, 2.24) is 15.5 Å². The Balaban J connectivity index is 1.66. The topological polar surface area (TPSA) is 78.5 Å². The van der Waals surface area contributed by atoms with Crippen molar-refractivity contribution < 1.29 is 14.4 Å². The molecule has 1 saturated heterocycles. The average Bonchev–Trinajstić information content (AvgIpc) is 2.99. The summed E-state index contributed by atoms with van der Waals surface area (Å²) >= 11 is 0. The van der Waals surface area contributed by atoms with Crippen molar-refractivity contribution in [3.05, 3.63) is 71.8 Å². The van der Waals surface area contributed by atoms with Gasteiger partial charge in [-0.15, -0.1) is 0 Å². The van der Waals surface area contributed by atoms with Crippen LogP contribution < -0.4 is 10.6 Å². The zero-order chi connectivity index (χ0) is 20.7. The zero-order valence-corrected chi connectivity index (χ0v) is 16.7. The number of urea groups is 1. The van der Waals surface area contributed by atoms with Crippen LogP contribution in [-0.2, 0) is 21.5 Å². The minimum atomic E-state index is -1.10. The molecule has 1 fully saturated rings. The third-order valence-corrected chi connectivity index (χ3v) is 5.23. The van der Waals surface area contributed by atoms with E-state index in [2.05, 4.69) is 10.6 Å². The van der Waals surface area contributed by atoms with E-state index in [0.717, 1.165) is 28.9 Å². The van der Waals surface area contributed by atoms with E-state index in [1.165, 1.54) is 0 Å². The lowest BCUT2D eigenvalue weighted by Gasteiger charge is -2.27. The number of carbonyl (C=O) groups excluding carboxylic acids is 3. The maximum Gasteiger partial charge on any atom is 0.325 e. The monoisotopic (exact) mass is 393 g/mol. The SMILES string of the molecule is CCCCC1(c2ccccc2)NC(=O)N(CC(=O)NCCc2ccccc2)C1=O. The smallest absolute Gasteiger partial charge is 0.325 e. The second-order valence-corrected chi connectivity index (χ2v) is 7.28. The van der Waals surface area contributed by atoms with E-state index >= 15 is 0 Å². The van der Waals surface area contributed by atoms with E-state index in [4.69, 9.17) is 0 Å². The van der Waals surface area contributed by atoms with Crippen LogP contribution in [0, 0.1) is 0 Å². The van der Waals surface area contributed by atoms with Gasteiger partial charge in [0.2, 0.25) is 5.91 Å². The molecule has 0 saturated carbocycles. The highest BCUT2D eigenvalue weighted by Crippen LogP contribution is 2.34. The van der Waals surface area contributed by atoms with Crippen molar-refractivity contribution in [2.45, 2.75) is 38.1 Å². The predicted octanol–water partition coefficient (Wildman–Crippen LogP) is 2.98. The number of benzene rings is 2. The van der Waals surface area contributed by atoms with Gasteiger partial charge >= 0.3 is 6.03 Å². The molecule has 3 rings (SSSR count). The van der Waals surface area contributed by atoms with E-state index in [1.54, 1.807) is 0 Å². The van der Waals surface area contributed by atoms with Gasteiger partial charge in [0.15, 0.2) is 0 Å². The maximum atomic E-state index is 13.2. The molecule has 0 radical (unpaired) electrons. The molecule has 6 nitrogen and oxygen atoms in total. The van der Waals surface area contributed by atoms with Crippen molar-refractivity contribution in [3.8, 4) is 0 Å². The Bertz CT molecular complexity index is 854. The van der Waals surface area contributed by atoms with Crippen LogP contribution in [0.4, 0.5) is 4.79 Å². The van der Waals surface area contributed by atoms with Crippen LogP contribution in [-0.4, -0.2) is 35.8 Å². The van der Waals surface area contributed by atoms with Crippen LogP contribution in [0.2, 0.25) is 0 Å². The molecule has 1 atom stereocenters. The van der Waals surface area contributed by atoms with Crippen molar-refractivity contribution in [2.24, 2.45) is 0 Å². The number of hydrogen-bond acceptors (Lipinski definition) is 3. The number of nitrogens with one attached hydrogen (secondary N) is 2. The van der Waals surface area contributed by atoms with E-state index in [9.17, 15) is 14.4 Å². The normalized spacial score (nSPS) is 18.6. The fourth-order valence-electron chi connectivity index (χ4n) is 3.63. The fraction of sp³-hybridized carbons (Fsp3) is 0.348. The van der Waals surface area contributed by atoms with Gasteiger partial charge in [-0.3, -0.25) is 14.5 Å². The fourth-order valence-corrected chi connectivity index (χ4v) is 3.63. The van der Waals surface area contributed by atoms with E-state index in [-0.39, 0.29) is 18.4 Å². The summed E-state index contributed by atoms with van der Waals surface area (Å²) in [5.74, 6) is -0.704. The van der Waals surface area contributed by atoms with E-state index < -0.39 is 11.6 Å². The van der Waals surface area contributed by atoms with Crippen LogP contribution in [0.1, 0.15) is 37.3 Å². The molecule has 4 amide bonds.